The molecule has 7 heteroatoms. The summed E-state index contributed by atoms with van der Waals surface area (Å²) in [4.78, 5) is 12.9. The highest BCUT2D eigenvalue weighted by Crippen LogP contribution is 2.23. The van der Waals surface area contributed by atoms with Crippen LogP contribution in [0, 0.1) is 0 Å². The van der Waals surface area contributed by atoms with E-state index in [1.165, 1.54) is 6.20 Å². The molecule has 0 unspecified atom stereocenters. The van der Waals surface area contributed by atoms with Crippen molar-refractivity contribution in [3.8, 4) is 0 Å². The molecular weight excluding hydrogens is 412 g/mol. The van der Waals surface area contributed by atoms with Gasteiger partial charge in [-0.05, 0) is 57.5 Å². The molecule has 1 aliphatic rings. The van der Waals surface area contributed by atoms with Crippen molar-refractivity contribution in [1.29, 1.82) is 0 Å². The van der Waals surface area contributed by atoms with Crippen molar-refractivity contribution in [3.63, 3.8) is 0 Å². The Morgan fingerprint density at radius 1 is 1.32 bits per heavy atom. The van der Waals surface area contributed by atoms with Gasteiger partial charge in [-0.2, -0.15) is 0 Å². The van der Waals surface area contributed by atoms with Crippen LogP contribution < -0.4 is 16.8 Å². The third-order valence-electron chi connectivity index (χ3n) is 4.04. The van der Waals surface area contributed by atoms with E-state index < -0.39 is 0 Å². The number of nitrogens with two attached hydrogens (primary N) is 2. The van der Waals surface area contributed by atoms with Crippen molar-refractivity contribution in [2.24, 2.45) is 11.5 Å². The molecule has 1 amide bonds. The summed E-state index contributed by atoms with van der Waals surface area (Å²) < 4.78 is 0. The summed E-state index contributed by atoms with van der Waals surface area (Å²) in [7, 11) is 0. The first kappa shape index (κ1) is 30.9. The van der Waals surface area contributed by atoms with Crippen molar-refractivity contribution in [1.82, 2.24) is 4.90 Å². The number of primary amides is 1. The number of anilines is 1. The number of hydrogen-bond acceptors (Lipinski definition) is 5. The molecule has 1 aliphatic heterocycles. The Hall–Kier alpha value is -2.28. The molecule has 1 aromatic carbocycles. The molecule has 1 saturated heterocycles. The standard InChI is InChI=1S/C14H20ClN3O2.C5H10.C3H6.C2H5N/c15-11-1-2-13(10(7-11)9-19)17-12-3-5-18(6-4-12)8-14(16)20;1-3-5-4-2;1-3-2;1-2-3/h1-2,7,12,17,19H,3-6,8-9H2,(H2,16,20);3,5H,4H2,1-2H3;3H,1H2,2H3;2H,1,3H2/b;5-3-;;. The first-order valence-corrected chi connectivity index (χ1v) is 10.9. The SMILES string of the molecule is C/C=C\CC.C=CC.C=CN.NC(=O)CN1CCC(Nc2ccc(Cl)cc2CO)CC1. The number of nitrogens with one attached hydrogen (secondary N) is 1. The van der Waals surface area contributed by atoms with Gasteiger partial charge in [0.05, 0.1) is 13.2 Å². The summed E-state index contributed by atoms with van der Waals surface area (Å²) in [6, 6.07) is 5.81. The normalized spacial score (nSPS) is 13.5. The van der Waals surface area contributed by atoms with E-state index in [4.69, 9.17) is 17.3 Å². The highest BCUT2D eigenvalue weighted by molar-refractivity contribution is 6.30. The van der Waals surface area contributed by atoms with Crippen LogP contribution in [0.2, 0.25) is 5.02 Å². The number of amides is 1. The van der Waals surface area contributed by atoms with Crippen LogP contribution in [0.3, 0.4) is 0 Å². The van der Waals surface area contributed by atoms with E-state index in [-0.39, 0.29) is 12.5 Å². The number of halogens is 1. The zero-order chi connectivity index (χ0) is 24.1. The number of benzene rings is 1. The summed E-state index contributed by atoms with van der Waals surface area (Å²) in [6.07, 6.45) is 10.2. The highest BCUT2D eigenvalue weighted by atomic mass is 35.5. The minimum absolute atomic E-state index is 0.0383. The quantitative estimate of drug-likeness (QED) is 0.477. The maximum Gasteiger partial charge on any atom is 0.231 e. The Labute approximate surface area is 193 Å². The van der Waals surface area contributed by atoms with Crippen LogP contribution >= 0.6 is 11.6 Å². The third kappa shape index (κ3) is 17.1. The van der Waals surface area contributed by atoms with Gasteiger partial charge in [-0.15, -0.1) is 6.58 Å². The number of carbonyl (C=O) groups excluding carboxylic acids is 1. The van der Waals surface area contributed by atoms with Gasteiger partial charge in [0.1, 0.15) is 0 Å². The third-order valence-corrected chi connectivity index (χ3v) is 4.27. The van der Waals surface area contributed by atoms with E-state index in [2.05, 4.69) is 48.2 Å². The lowest BCUT2D eigenvalue weighted by atomic mass is 10.0. The number of rotatable bonds is 6. The molecule has 1 aromatic rings. The number of nitrogens with zero attached hydrogens (tertiary/aromatic N) is 1. The average Bonchev–Trinajstić information content (AvgIpc) is 2.72. The predicted molar refractivity (Wildman–Crippen MR) is 135 cm³/mol. The van der Waals surface area contributed by atoms with Crippen LogP contribution in [0.1, 0.15) is 45.6 Å². The molecule has 6 nitrogen and oxygen atoms in total. The lowest BCUT2D eigenvalue weighted by Crippen LogP contribution is -2.43. The molecule has 0 spiro atoms. The van der Waals surface area contributed by atoms with Gasteiger partial charge in [0, 0.05) is 35.4 Å². The number of carbonyl (C=O) groups is 1. The molecule has 0 aliphatic carbocycles. The second kappa shape index (κ2) is 21.0. The molecule has 1 heterocycles. The van der Waals surface area contributed by atoms with Crippen LogP contribution in [-0.4, -0.2) is 41.6 Å². The topological polar surface area (TPSA) is 105 Å². The maximum absolute atomic E-state index is 10.9. The maximum atomic E-state index is 10.9. The average molecular weight is 453 g/mol. The van der Waals surface area contributed by atoms with Crippen LogP contribution in [0.25, 0.3) is 0 Å². The fraction of sp³-hybridized carbons (Fsp3) is 0.458. The number of aliphatic hydroxyl groups is 1. The second-order valence-corrected chi connectivity index (χ2v) is 7.18. The van der Waals surface area contributed by atoms with Gasteiger partial charge in [0.2, 0.25) is 5.91 Å². The summed E-state index contributed by atoms with van der Waals surface area (Å²) in [6.45, 7) is 14.5. The molecule has 0 saturated carbocycles. The lowest BCUT2D eigenvalue weighted by Gasteiger charge is -2.32. The zero-order valence-electron chi connectivity index (χ0n) is 19.3. The minimum Gasteiger partial charge on any atom is -0.405 e. The van der Waals surface area contributed by atoms with Gasteiger partial charge in [0.25, 0.3) is 0 Å². The van der Waals surface area contributed by atoms with E-state index in [1.54, 1.807) is 12.1 Å². The summed E-state index contributed by atoms with van der Waals surface area (Å²) >= 11 is 5.92. The van der Waals surface area contributed by atoms with Gasteiger partial charge in [-0.25, -0.2) is 0 Å². The second-order valence-electron chi connectivity index (χ2n) is 6.74. The van der Waals surface area contributed by atoms with E-state index in [0.29, 0.717) is 17.6 Å². The van der Waals surface area contributed by atoms with Crippen LogP contribution in [0.4, 0.5) is 5.69 Å². The fourth-order valence-electron chi connectivity index (χ4n) is 2.75. The monoisotopic (exact) mass is 452 g/mol. The minimum atomic E-state index is -0.281. The number of aliphatic hydroxyl groups excluding tert-OH is 1. The Bertz CT molecular complexity index is 636. The van der Waals surface area contributed by atoms with E-state index in [1.807, 2.05) is 26.0 Å². The number of piperidine rings is 1. The van der Waals surface area contributed by atoms with E-state index >= 15 is 0 Å². The summed E-state index contributed by atoms with van der Waals surface area (Å²) in [5.74, 6) is -0.281. The van der Waals surface area contributed by atoms with Crippen molar-refractivity contribution in [3.05, 3.63) is 66.4 Å². The number of allylic oxidation sites excluding steroid dienone is 3. The molecule has 0 radical (unpaired) electrons. The molecule has 2 rings (SSSR count). The smallest absolute Gasteiger partial charge is 0.231 e. The molecule has 176 valence electrons. The van der Waals surface area contributed by atoms with Crippen molar-refractivity contribution >= 4 is 23.2 Å². The van der Waals surface area contributed by atoms with Crippen LogP contribution in [0.15, 0.2) is 55.8 Å². The molecule has 0 bridgehead atoms. The van der Waals surface area contributed by atoms with Gasteiger partial charge in [-0.3, -0.25) is 9.69 Å². The molecule has 0 aromatic heterocycles. The largest absolute Gasteiger partial charge is 0.405 e. The van der Waals surface area contributed by atoms with E-state index in [9.17, 15) is 9.90 Å². The fourth-order valence-corrected chi connectivity index (χ4v) is 2.94. The lowest BCUT2D eigenvalue weighted by molar-refractivity contribution is -0.119. The Kier molecular flexibility index (Phi) is 20.9. The first-order valence-electron chi connectivity index (χ1n) is 10.5. The zero-order valence-corrected chi connectivity index (χ0v) is 20.1. The van der Waals surface area contributed by atoms with Crippen LogP contribution in [-0.2, 0) is 11.4 Å². The first-order chi connectivity index (χ1) is 14.8. The van der Waals surface area contributed by atoms with Crippen molar-refractivity contribution in [2.45, 2.75) is 52.7 Å². The Morgan fingerprint density at radius 2 is 1.87 bits per heavy atom. The van der Waals surface area contributed by atoms with Crippen molar-refractivity contribution < 1.29 is 9.90 Å². The molecule has 0 atom stereocenters. The van der Waals surface area contributed by atoms with E-state index in [0.717, 1.165) is 43.6 Å². The van der Waals surface area contributed by atoms with Gasteiger partial charge < -0.3 is 21.9 Å². The van der Waals surface area contributed by atoms with Gasteiger partial charge in [-0.1, -0.05) is 43.3 Å². The Balaban J connectivity index is 0. The number of likely N-dealkylation sites (tertiary alicyclic amines) is 1. The molecular formula is C24H41ClN4O2. The highest BCUT2D eigenvalue weighted by Gasteiger charge is 2.20. The summed E-state index contributed by atoms with van der Waals surface area (Å²) in [5, 5.41) is 13.4. The van der Waals surface area contributed by atoms with Gasteiger partial charge in [0.15, 0.2) is 0 Å². The number of hydrogen-bond donors (Lipinski definition) is 4. The Morgan fingerprint density at radius 3 is 2.26 bits per heavy atom. The molecule has 1 fully saturated rings. The predicted octanol–water partition coefficient (Wildman–Crippen LogP) is 4.45. The van der Waals surface area contributed by atoms with Gasteiger partial charge >= 0.3 is 0 Å². The summed E-state index contributed by atoms with van der Waals surface area (Å²) in [5.41, 5.74) is 11.5. The van der Waals surface area contributed by atoms with Crippen LogP contribution in [0.5, 0.6) is 0 Å². The molecule has 6 N–H and O–H groups in total. The van der Waals surface area contributed by atoms with Crippen molar-refractivity contribution in [2.75, 3.05) is 25.0 Å². The molecule has 31 heavy (non-hydrogen) atoms.